The zero-order valence-electron chi connectivity index (χ0n) is 31.0. The molecule has 28 heteroatoms. The van der Waals surface area contributed by atoms with E-state index in [1.807, 2.05) is 0 Å². The van der Waals surface area contributed by atoms with Crippen molar-refractivity contribution in [2.45, 2.75) is 40.1 Å². The lowest BCUT2D eigenvalue weighted by molar-refractivity contribution is 0.117. The summed E-state index contributed by atoms with van der Waals surface area (Å²) in [4.78, 5) is 53.1. The average molecular weight is 1130 g/mol. The van der Waals surface area contributed by atoms with Gasteiger partial charge < -0.3 is 37.9 Å². The molecule has 0 saturated carbocycles. The lowest BCUT2D eigenvalue weighted by Crippen LogP contribution is -2.50. The maximum absolute atomic E-state index is 13.3. The molecule has 0 aliphatic carbocycles. The van der Waals surface area contributed by atoms with Gasteiger partial charge in [-0.25, -0.2) is 19.2 Å². The van der Waals surface area contributed by atoms with E-state index in [9.17, 15) is 19.2 Å². The molecule has 5 rings (SSSR count). The summed E-state index contributed by atoms with van der Waals surface area (Å²) in [5, 5.41) is 8.89. The third-order valence-corrected chi connectivity index (χ3v) is 9.75. The van der Waals surface area contributed by atoms with Crippen molar-refractivity contribution in [2.75, 3.05) is 0 Å². The number of para-hydroxylation sites is 8. The summed E-state index contributed by atoms with van der Waals surface area (Å²) in [5.41, 5.74) is 0. The molecule has 16 nitrogen and oxygen atoms in total. The van der Waals surface area contributed by atoms with Gasteiger partial charge in [-0.3, -0.25) is 21.3 Å². The molecule has 0 aromatic heterocycles. The highest BCUT2D eigenvalue weighted by atomic mass is 35.6. The predicted octanol–water partition coefficient (Wildman–Crippen LogP) is 11.5. The Morgan fingerprint density at radius 1 is 0.297 bits per heavy atom. The molecule has 4 atom stereocenters. The van der Waals surface area contributed by atoms with E-state index >= 15 is 0 Å². The summed E-state index contributed by atoms with van der Waals surface area (Å²) in [6.07, 6.45) is -12.7. The number of amides is 4. The van der Waals surface area contributed by atoms with Gasteiger partial charge in [-0.2, -0.15) is 0 Å². The molecule has 64 heavy (non-hydrogen) atoms. The second-order valence-electron chi connectivity index (χ2n) is 12.1. The van der Waals surface area contributed by atoms with Crippen molar-refractivity contribution in [1.82, 2.24) is 21.3 Å². The van der Waals surface area contributed by atoms with Gasteiger partial charge in [0.2, 0.25) is 40.1 Å². The summed E-state index contributed by atoms with van der Waals surface area (Å²) in [6, 6.07) is 21.6. The molecule has 4 unspecified atom stereocenters. The highest BCUT2D eigenvalue weighted by Gasteiger charge is 2.42. The fraction of sp³-hybridized carbons (Fsp3) is 0.222. The van der Waals surface area contributed by atoms with Crippen LogP contribution in [0.25, 0.3) is 0 Å². The maximum Gasteiger partial charge on any atom is 0.415 e. The molecule has 4 amide bonds. The number of carbonyl (C=O) groups is 4. The van der Waals surface area contributed by atoms with Crippen LogP contribution >= 0.6 is 139 Å². The van der Waals surface area contributed by atoms with E-state index < -0.39 is 64.5 Å². The van der Waals surface area contributed by atoms with Crippen LogP contribution in [0.15, 0.2) is 97.1 Å². The molecule has 0 fully saturated rings. The number of benzene rings is 4. The monoisotopic (exact) mass is 1120 g/mol. The number of ether oxygens (including phenoxy) is 8. The van der Waals surface area contributed by atoms with E-state index in [1.165, 1.54) is 97.1 Å². The van der Waals surface area contributed by atoms with Gasteiger partial charge >= 0.3 is 24.4 Å². The van der Waals surface area contributed by atoms with Gasteiger partial charge in [-0.05, 0) is 48.5 Å². The summed E-state index contributed by atoms with van der Waals surface area (Å²) in [6.45, 7) is 0. The smallest absolute Gasteiger partial charge is 0.415 e. The number of carbonyl (C=O) groups excluding carboxylic acids is 4. The van der Waals surface area contributed by atoms with Gasteiger partial charge in [-0.15, -0.1) is 0 Å². The van der Waals surface area contributed by atoms with Gasteiger partial charge in [0.1, 0.15) is 0 Å². The van der Waals surface area contributed by atoms with Crippen molar-refractivity contribution >= 4 is 164 Å². The Bertz CT molecular complexity index is 2000. The molecule has 4 aromatic carbocycles. The first-order valence-electron chi connectivity index (χ1n) is 17.1. The zero-order valence-corrected chi connectivity index (χ0v) is 40.1. The first-order valence-corrected chi connectivity index (χ1v) is 21.6. The second kappa shape index (κ2) is 22.0. The number of halogens is 12. The van der Waals surface area contributed by atoms with Crippen LogP contribution < -0.4 is 59.2 Å². The van der Waals surface area contributed by atoms with Crippen molar-refractivity contribution in [2.24, 2.45) is 0 Å². The third kappa shape index (κ3) is 15.4. The van der Waals surface area contributed by atoms with Crippen LogP contribution in [0, 0.1) is 0 Å². The van der Waals surface area contributed by atoms with Crippen LogP contribution in [0.1, 0.15) is 0 Å². The molecule has 0 saturated heterocycles. The number of nitrogens with one attached hydrogen (secondary N) is 4. The number of hydrogen-bond acceptors (Lipinski definition) is 12. The van der Waals surface area contributed by atoms with E-state index in [2.05, 4.69) is 21.3 Å². The summed E-state index contributed by atoms with van der Waals surface area (Å²) >= 11 is 74.2. The molecule has 344 valence electrons. The van der Waals surface area contributed by atoms with Crippen LogP contribution in [0.4, 0.5) is 19.2 Å². The van der Waals surface area contributed by atoms with Crippen molar-refractivity contribution in [3.05, 3.63) is 97.1 Å². The second-order valence-corrected chi connectivity index (χ2v) is 21.6. The van der Waals surface area contributed by atoms with Gasteiger partial charge in [0.25, 0.3) is 0 Å². The minimum atomic E-state index is -2.43. The summed E-state index contributed by atoms with van der Waals surface area (Å²) in [7, 11) is 0. The third-order valence-electron chi connectivity index (χ3n) is 7.37. The highest BCUT2D eigenvalue weighted by molar-refractivity contribution is 6.69. The average Bonchev–Trinajstić information content (AvgIpc) is 3.18. The standard InChI is InChI=1S/C36H24Cl12N4O12/c37-33(38,39)25-49-29(53)61-21-13-5-6-14-22(21)63-31(55)51-27(35(43,44)45)59-19-11-3-4-12-20(19)60-28(36(46,47)48)52-32(56)64-24-16-8-7-15-23(24)62-30(54)50-26(34(40,41)42)58-18-10-2-1-9-17(18)57-25/h1-16,25-28H,(H,49,53)(H,50,54)(H,51,55)(H,52,56). The number of fused-ring (bicyclic) bond motifs is 4. The van der Waals surface area contributed by atoms with Crippen LogP contribution in [-0.2, 0) is 0 Å². The van der Waals surface area contributed by atoms with Gasteiger partial charge in [-0.1, -0.05) is 188 Å². The van der Waals surface area contributed by atoms with E-state index in [4.69, 9.17) is 177 Å². The predicted molar refractivity (Wildman–Crippen MR) is 241 cm³/mol. The highest BCUT2D eigenvalue weighted by Crippen LogP contribution is 2.41. The molecular formula is C36H24Cl12N4O12. The lowest BCUT2D eigenvalue weighted by Gasteiger charge is -2.29. The largest absolute Gasteiger partial charge is 0.462 e. The van der Waals surface area contributed by atoms with E-state index in [-0.39, 0.29) is 46.0 Å². The van der Waals surface area contributed by atoms with Gasteiger partial charge in [0.05, 0.1) is 0 Å². The molecule has 4 aromatic rings. The fourth-order valence-corrected chi connectivity index (χ4v) is 5.88. The van der Waals surface area contributed by atoms with Gasteiger partial charge in [0, 0.05) is 0 Å². The molecule has 4 N–H and O–H groups in total. The Hall–Kier alpha value is -3.36. The van der Waals surface area contributed by atoms with E-state index in [0.717, 1.165) is 0 Å². The molecule has 1 aliphatic rings. The SMILES string of the molecule is O=C1NC(C(Cl)(Cl)Cl)Oc2ccccc2OC(C(Cl)(Cl)Cl)NC(=O)Oc2ccccc2OC(=O)NC(C(Cl)(Cl)Cl)Oc2ccccc2OC(C(Cl)(Cl)Cl)NC(=O)Oc2ccccc2O1. The minimum absolute atomic E-state index is 0.252. The Morgan fingerprint density at radius 2 is 0.453 bits per heavy atom. The molecule has 0 radical (unpaired) electrons. The van der Waals surface area contributed by atoms with E-state index in [0.29, 0.717) is 0 Å². The molecule has 1 aliphatic heterocycles. The first kappa shape index (κ1) is 51.6. The molecular weight excluding hydrogens is 1110 g/mol. The maximum atomic E-state index is 13.3. The summed E-state index contributed by atoms with van der Waals surface area (Å²) in [5.74, 6) is -2.47. The summed E-state index contributed by atoms with van der Waals surface area (Å²) < 4.78 is 35.0. The van der Waals surface area contributed by atoms with Crippen LogP contribution in [0.2, 0.25) is 0 Å². The van der Waals surface area contributed by atoms with Crippen LogP contribution in [0.5, 0.6) is 46.0 Å². The van der Waals surface area contributed by atoms with Gasteiger partial charge in [0.15, 0.2) is 46.0 Å². The van der Waals surface area contributed by atoms with Crippen LogP contribution in [-0.4, -0.2) is 64.5 Å². The molecule has 1 heterocycles. The van der Waals surface area contributed by atoms with E-state index in [1.54, 1.807) is 0 Å². The fourth-order valence-electron chi connectivity index (χ4n) is 4.69. The Balaban J connectivity index is 1.54. The number of rotatable bonds is 0. The zero-order chi connectivity index (χ0) is 47.0. The Labute approximate surface area is 421 Å². The molecule has 0 spiro atoms. The quantitative estimate of drug-likeness (QED) is 0.122. The van der Waals surface area contributed by atoms with Crippen molar-refractivity contribution in [3.63, 3.8) is 0 Å². The Morgan fingerprint density at radius 3 is 0.609 bits per heavy atom. The number of hydrogen-bond donors (Lipinski definition) is 4. The first-order chi connectivity index (χ1) is 29.9. The topological polar surface area (TPSA) is 190 Å². The number of alkyl halides is 12. The molecule has 0 bridgehead atoms. The lowest BCUT2D eigenvalue weighted by atomic mass is 10.3. The van der Waals surface area contributed by atoms with Crippen LogP contribution in [0.3, 0.4) is 0 Å². The van der Waals surface area contributed by atoms with Crippen molar-refractivity contribution in [1.29, 1.82) is 0 Å². The van der Waals surface area contributed by atoms with Crippen molar-refractivity contribution in [3.8, 4) is 46.0 Å². The Kier molecular flexibility index (Phi) is 17.7. The normalized spacial score (nSPS) is 19.9. The minimum Gasteiger partial charge on any atom is -0.462 e. The van der Waals surface area contributed by atoms with Crippen molar-refractivity contribution < 1.29 is 57.1 Å².